The molecule has 134 valence electrons. The van der Waals surface area contributed by atoms with E-state index in [-0.39, 0.29) is 0 Å². The predicted octanol–water partition coefficient (Wildman–Crippen LogP) is 6.60. The maximum atomic E-state index is 6.25. The van der Waals surface area contributed by atoms with E-state index in [1.807, 2.05) is 0 Å². The van der Waals surface area contributed by atoms with Gasteiger partial charge in [-0.15, -0.1) is 0 Å². The van der Waals surface area contributed by atoms with Crippen LogP contribution in [0.5, 0.6) is 0 Å². The Morgan fingerprint density at radius 3 is 2.22 bits per heavy atom. The molecule has 4 unspecified atom stereocenters. The fourth-order valence-electron chi connectivity index (χ4n) is 6.15. The lowest BCUT2D eigenvalue weighted by Gasteiger charge is -2.50. The smallest absolute Gasteiger partial charge is 0.0578 e. The summed E-state index contributed by atoms with van der Waals surface area (Å²) in [7, 11) is 0. The van der Waals surface area contributed by atoms with Gasteiger partial charge in [0.2, 0.25) is 0 Å². The van der Waals surface area contributed by atoms with Gasteiger partial charge in [0.1, 0.15) is 0 Å². The van der Waals surface area contributed by atoms with Crippen molar-refractivity contribution in [2.75, 3.05) is 6.61 Å². The second kappa shape index (κ2) is 8.88. The second-order valence-electron chi connectivity index (χ2n) is 8.88. The number of hydrogen-bond donors (Lipinski definition) is 0. The Bertz CT molecular complexity index is 339. The van der Waals surface area contributed by atoms with Crippen LogP contribution in [0.4, 0.5) is 0 Å². The average Bonchev–Trinajstić information content (AvgIpc) is 2.60. The molecule has 0 amide bonds. The summed E-state index contributed by atoms with van der Waals surface area (Å²) in [5.74, 6) is 5.29. The Kier molecular flexibility index (Phi) is 6.86. The number of rotatable bonds is 7. The minimum Gasteiger partial charge on any atom is -0.378 e. The van der Waals surface area contributed by atoms with E-state index in [1.54, 1.807) is 12.8 Å². The third-order valence-electron chi connectivity index (χ3n) is 7.53. The second-order valence-corrected chi connectivity index (χ2v) is 8.88. The minimum atomic E-state index is 0.599. The van der Waals surface area contributed by atoms with E-state index in [9.17, 15) is 0 Å². The van der Waals surface area contributed by atoms with Crippen LogP contribution in [-0.4, -0.2) is 12.7 Å². The summed E-state index contributed by atoms with van der Waals surface area (Å²) in [6.07, 6.45) is 19.3. The molecule has 23 heavy (non-hydrogen) atoms. The highest BCUT2D eigenvalue weighted by Gasteiger charge is 2.44. The van der Waals surface area contributed by atoms with Crippen molar-refractivity contribution in [3.05, 3.63) is 0 Å². The van der Waals surface area contributed by atoms with E-state index < -0.39 is 0 Å². The van der Waals surface area contributed by atoms with Crippen LogP contribution in [0, 0.1) is 29.6 Å². The van der Waals surface area contributed by atoms with Crippen LogP contribution >= 0.6 is 0 Å². The van der Waals surface area contributed by atoms with Gasteiger partial charge in [-0.1, -0.05) is 46.0 Å². The van der Waals surface area contributed by atoms with Crippen LogP contribution in [0.2, 0.25) is 0 Å². The zero-order valence-electron chi connectivity index (χ0n) is 15.8. The average molecular weight is 321 g/mol. The predicted molar refractivity (Wildman–Crippen MR) is 98.6 cm³/mol. The van der Waals surface area contributed by atoms with Crippen molar-refractivity contribution in [2.24, 2.45) is 29.6 Å². The largest absolute Gasteiger partial charge is 0.378 e. The van der Waals surface area contributed by atoms with E-state index >= 15 is 0 Å². The number of ether oxygens (including phenoxy) is 1. The molecular weight excluding hydrogens is 280 g/mol. The first-order valence-corrected chi connectivity index (χ1v) is 10.9. The van der Waals surface area contributed by atoms with Crippen LogP contribution < -0.4 is 0 Å². The molecule has 3 aliphatic carbocycles. The summed E-state index contributed by atoms with van der Waals surface area (Å²) in [4.78, 5) is 0. The minimum absolute atomic E-state index is 0.599. The first kappa shape index (κ1) is 17.8. The molecule has 3 aliphatic rings. The zero-order chi connectivity index (χ0) is 16.1. The van der Waals surface area contributed by atoms with Crippen LogP contribution in [-0.2, 0) is 4.74 Å². The SMILES string of the molecule is CCCCCCO[C@@H]1CCC2C(CCC3C[C@H](CC)CCC32)C1. The van der Waals surface area contributed by atoms with E-state index in [4.69, 9.17) is 4.74 Å². The lowest BCUT2D eigenvalue weighted by atomic mass is 9.56. The van der Waals surface area contributed by atoms with E-state index in [1.165, 1.54) is 70.6 Å². The van der Waals surface area contributed by atoms with Gasteiger partial charge in [-0.25, -0.2) is 0 Å². The molecule has 3 fully saturated rings. The van der Waals surface area contributed by atoms with Crippen molar-refractivity contribution < 1.29 is 4.74 Å². The van der Waals surface area contributed by atoms with Crippen LogP contribution in [0.3, 0.4) is 0 Å². The lowest BCUT2D eigenvalue weighted by Crippen LogP contribution is -2.42. The molecule has 0 spiro atoms. The summed E-state index contributed by atoms with van der Waals surface area (Å²) in [5, 5.41) is 0. The molecule has 3 saturated carbocycles. The normalized spacial score (nSPS) is 40.4. The van der Waals surface area contributed by atoms with Crippen LogP contribution in [0.15, 0.2) is 0 Å². The van der Waals surface area contributed by atoms with Gasteiger partial charge in [-0.05, 0) is 81.0 Å². The molecule has 0 aromatic carbocycles. The van der Waals surface area contributed by atoms with Gasteiger partial charge >= 0.3 is 0 Å². The number of unbranched alkanes of at least 4 members (excludes halogenated alkanes) is 3. The fourth-order valence-corrected chi connectivity index (χ4v) is 6.15. The Balaban J connectivity index is 1.43. The zero-order valence-corrected chi connectivity index (χ0v) is 15.8. The monoisotopic (exact) mass is 320 g/mol. The maximum Gasteiger partial charge on any atom is 0.0578 e. The van der Waals surface area contributed by atoms with Crippen molar-refractivity contribution in [3.8, 4) is 0 Å². The van der Waals surface area contributed by atoms with Gasteiger partial charge in [0.25, 0.3) is 0 Å². The molecule has 0 aliphatic heterocycles. The number of hydrogen-bond acceptors (Lipinski definition) is 1. The summed E-state index contributed by atoms with van der Waals surface area (Å²) in [6, 6.07) is 0. The fraction of sp³-hybridized carbons (Fsp3) is 1.00. The third kappa shape index (κ3) is 4.53. The van der Waals surface area contributed by atoms with Crippen LogP contribution in [0.25, 0.3) is 0 Å². The van der Waals surface area contributed by atoms with Crippen molar-refractivity contribution in [1.82, 2.24) is 0 Å². The van der Waals surface area contributed by atoms with Gasteiger partial charge in [0, 0.05) is 6.61 Å². The first-order valence-electron chi connectivity index (χ1n) is 10.9. The Labute approximate surface area is 144 Å². The van der Waals surface area contributed by atoms with Gasteiger partial charge in [-0.2, -0.15) is 0 Å². The Morgan fingerprint density at radius 1 is 0.739 bits per heavy atom. The molecule has 3 rings (SSSR count). The molecule has 0 radical (unpaired) electrons. The number of fused-ring (bicyclic) bond motifs is 3. The molecular formula is C22H40O. The van der Waals surface area contributed by atoms with Crippen LogP contribution in [0.1, 0.15) is 97.3 Å². The first-order chi connectivity index (χ1) is 11.3. The summed E-state index contributed by atoms with van der Waals surface area (Å²) < 4.78 is 6.25. The van der Waals surface area contributed by atoms with Crippen molar-refractivity contribution in [2.45, 2.75) is 103 Å². The topological polar surface area (TPSA) is 9.23 Å². The maximum absolute atomic E-state index is 6.25. The molecule has 0 N–H and O–H groups in total. The van der Waals surface area contributed by atoms with Crippen molar-refractivity contribution in [1.29, 1.82) is 0 Å². The van der Waals surface area contributed by atoms with Gasteiger partial charge in [-0.3, -0.25) is 0 Å². The van der Waals surface area contributed by atoms with Crippen molar-refractivity contribution in [3.63, 3.8) is 0 Å². The molecule has 0 aromatic heterocycles. The molecule has 0 heterocycles. The molecule has 0 saturated heterocycles. The highest BCUT2D eigenvalue weighted by Crippen LogP contribution is 2.53. The van der Waals surface area contributed by atoms with Gasteiger partial charge < -0.3 is 4.74 Å². The highest BCUT2D eigenvalue weighted by atomic mass is 16.5. The molecule has 0 aromatic rings. The lowest BCUT2D eigenvalue weighted by molar-refractivity contribution is -0.0536. The molecule has 1 nitrogen and oxygen atoms in total. The highest BCUT2D eigenvalue weighted by molar-refractivity contribution is 4.94. The van der Waals surface area contributed by atoms with Crippen molar-refractivity contribution >= 4 is 0 Å². The summed E-state index contributed by atoms with van der Waals surface area (Å²) in [5.41, 5.74) is 0. The van der Waals surface area contributed by atoms with Gasteiger partial charge in [0.05, 0.1) is 6.10 Å². The van der Waals surface area contributed by atoms with E-state index in [0.717, 1.165) is 36.2 Å². The summed E-state index contributed by atoms with van der Waals surface area (Å²) in [6.45, 7) is 5.71. The molecule has 6 atom stereocenters. The Morgan fingerprint density at radius 2 is 1.48 bits per heavy atom. The quantitative estimate of drug-likeness (QED) is 0.480. The summed E-state index contributed by atoms with van der Waals surface area (Å²) >= 11 is 0. The Hall–Kier alpha value is -0.0400. The molecule has 1 heteroatoms. The third-order valence-corrected chi connectivity index (χ3v) is 7.53. The van der Waals surface area contributed by atoms with E-state index in [0.29, 0.717) is 6.10 Å². The van der Waals surface area contributed by atoms with E-state index in [2.05, 4.69) is 13.8 Å². The van der Waals surface area contributed by atoms with Gasteiger partial charge in [0.15, 0.2) is 0 Å². The standard InChI is InChI=1S/C22H40O/c1-3-5-6-7-14-23-20-11-13-22-19(16-20)10-9-18-15-17(4-2)8-12-21(18)22/h17-22H,3-16H2,1-2H3/t17-,18?,19?,20-,21?,22?/m1/s1. The molecule has 0 bridgehead atoms.